The molecule has 0 unspecified atom stereocenters. The molecule has 4 heterocycles. The normalized spacial score (nSPS) is 44.2. The third-order valence-electron chi connectivity index (χ3n) is 7.97. The van der Waals surface area contributed by atoms with Gasteiger partial charge in [0.15, 0.2) is 11.9 Å². The molecule has 2 bridgehead atoms. The highest BCUT2D eigenvalue weighted by atomic mass is 17.3. The third kappa shape index (κ3) is 3.78. The van der Waals surface area contributed by atoms with E-state index in [1.807, 2.05) is 45.0 Å². The molecule has 9 atom stereocenters. The number of methoxy groups -OCH3 is 1. The van der Waals surface area contributed by atoms with Crippen LogP contribution in [0.15, 0.2) is 30.3 Å². The molecule has 5 fully saturated rings. The highest BCUT2D eigenvalue weighted by molar-refractivity contribution is 5.87. The summed E-state index contributed by atoms with van der Waals surface area (Å²) in [6.45, 7) is 5.83. The lowest BCUT2D eigenvalue weighted by Gasteiger charge is -2.60. The Hall–Kier alpha value is -1.97. The number of hydrogen-bond acceptors (Lipinski definition) is 8. The zero-order chi connectivity index (χ0) is 23.4. The minimum Gasteiger partial charge on any atom is -0.497 e. The molecule has 0 amide bonds. The van der Waals surface area contributed by atoms with Crippen LogP contribution < -0.4 is 4.74 Å². The molecule has 1 aliphatic carbocycles. The quantitative estimate of drug-likeness (QED) is 0.415. The molecule has 0 radical (unpaired) electrons. The van der Waals surface area contributed by atoms with E-state index >= 15 is 0 Å². The summed E-state index contributed by atoms with van der Waals surface area (Å²) in [7, 11) is 1.60. The zero-order valence-electron chi connectivity index (χ0n) is 19.4. The van der Waals surface area contributed by atoms with E-state index < -0.39 is 36.0 Å². The van der Waals surface area contributed by atoms with Crippen LogP contribution in [0, 0.1) is 23.7 Å². The molecular formula is C25H32O8. The summed E-state index contributed by atoms with van der Waals surface area (Å²) in [5.41, 5.74) is 0.00931. The summed E-state index contributed by atoms with van der Waals surface area (Å²) >= 11 is 0. The van der Waals surface area contributed by atoms with Gasteiger partial charge in [0.25, 0.3) is 0 Å². The second-order valence-corrected chi connectivity index (χ2v) is 9.92. The van der Waals surface area contributed by atoms with Crippen molar-refractivity contribution in [2.24, 2.45) is 23.7 Å². The predicted molar refractivity (Wildman–Crippen MR) is 116 cm³/mol. The summed E-state index contributed by atoms with van der Waals surface area (Å²) in [6.07, 6.45) is 2.93. The molecule has 1 saturated carbocycles. The molecule has 1 spiro atoms. The number of carbonyl (C=O) groups excluding carboxylic acids is 1. The first kappa shape index (κ1) is 22.8. The van der Waals surface area contributed by atoms with Crippen molar-refractivity contribution < 1.29 is 38.6 Å². The highest BCUT2D eigenvalue weighted by Crippen LogP contribution is 2.60. The molecule has 1 aromatic carbocycles. The van der Waals surface area contributed by atoms with E-state index in [2.05, 4.69) is 0 Å². The standard InChI is InChI=1S/C25H32O8/c1-14-18-11-12-24(3)31-23-25(18,33-32-24)19(13-20(14)26)15(2)22(30-23)29-21(27)10-7-16-5-8-17(28-4)9-6-16/h5-10,14-15,18-20,22-23,26H,11-13H2,1-4H3/b10-7+/t14-,15+,18-,19-,20+,22+,23+,24+,25+/m0/s1. The van der Waals surface area contributed by atoms with E-state index in [1.54, 1.807) is 13.2 Å². The van der Waals surface area contributed by atoms with Crippen LogP contribution in [-0.2, 0) is 28.8 Å². The molecule has 1 N–H and O–H groups in total. The topological polar surface area (TPSA) is 92.7 Å². The van der Waals surface area contributed by atoms with Crippen molar-refractivity contribution in [2.45, 2.75) is 70.1 Å². The number of ether oxygens (including phenoxy) is 4. The van der Waals surface area contributed by atoms with Gasteiger partial charge >= 0.3 is 5.97 Å². The van der Waals surface area contributed by atoms with Crippen molar-refractivity contribution in [1.29, 1.82) is 0 Å². The molecule has 1 aromatic rings. The summed E-state index contributed by atoms with van der Waals surface area (Å²) in [4.78, 5) is 24.5. The van der Waals surface area contributed by atoms with Crippen LogP contribution >= 0.6 is 0 Å². The van der Waals surface area contributed by atoms with Gasteiger partial charge in [-0.15, -0.1) is 0 Å². The number of aliphatic hydroxyl groups excluding tert-OH is 1. The van der Waals surface area contributed by atoms with Crippen molar-refractivity contribution >= 4 is 12.0 Å². The van der Waals surface area contributed by atoms with Gasteiger partial charge in [0.2, 0.25) is 12.1 Å². The first-order chi connectivity index (χ1) is 15.8. The van der Waals surface area contributed by atoms with E-state index in [-0.39, 0.29) is 23.7 Å². The Labute approximate surface area is 193 Å². The van der Waals surface area contributed by atoms with Gasteiger partial charge in [0.1, 0.15) is 5.75 Å². The van der Waals surface area contributed by atoms with Gasteiger partial charge in [-0.05, 0) is 49.5 Å². The molecular weight excluding hydrogens is 428 g/mol. The fourth-order valence-corrected chi connectivity index (χ4v) is 5.99. The van der Waals surface area contributed by atoms with Gasteiger partial charge in [0.05, 0.1) is 13.2 Å². The van der Waals surface area contributed by atoms with Gasteiger partial charge in [-0.2, -0.15) is 0 Å². The Morgan fingerprint density at radius 2 is 1.91 bits per heavy atom. The molecule has 8 nitrogen and oxygen atoms in total. The Kier molecular flexibility index (Phi) is 5.77. The minimum atomic E-state index is -0.939. The van der Waals surface area contributed by atoms with E-state index in [4.69, 9.17) is 28.7 Å². The van der Waals surface area contributed by atoms with E-state index in [1.165, 1.54) is 6.08 Å². The van der Waals surface area contributed by atoms with Gasteiger partial charge < -0.3 is 24.1 Å². The predicted octanol–water partition coefficient (Wildman–Crippen LogP) is 3.43. The van der Waals surface area contributed by atoms with Crippen molar-refractivity contribution in [3.05, 3.63) is 35.9 Å². The summed E-state index contributed by atoms with van der Waals surface area (Å²) in [5, 5.41) is 10.8. The van der Waals surface area contributed by atoms with Crippen LogP contribution in [0.5, 0.6) is 5.75 Å². The zero-order valence-corrected chi connectivity index (χ0v) is 19.4. The number of aliphatic hydroxyl groups is 1. The minimum absolute atomic E-state index is 0.00893. The molecule has 8 heteroatoms. The smallest absolute Gasteiger partial charge is 0.333 e. The summed E-state index contributed by atoms with van der Waals surface area (Å²) < 4.78 is 23.4. The van der Waals surface area contributed by atoms with Crippen molar-refractivity contribution in [3.63, 3.8) is 0 Å². The van der Waals surface area contributed by atoms with Crippen LogP contribution in [0.3, 0.4) is 0 Å². The third-order valence-corrected chi connectivity index (χ3v) is 7.97. The lowest BCUT2D eigenvalue weighted by Crippen LogP contribution is -2.72. The van der Waals surface area contributed by atoms with Gasteiger partial charge in [-0.1, -0.05) is 26.0 Å². The Morgan fingerprint density at radius 3 is 2.64 bits per heavy atom. The molecule has 0 aromatic heterocycles. The summed E-state index contributed by atoms with van der Waals surface area (Å²) in [5.74, 6) is -1.06. The number of benzene rings is 1. The Balaban J connectivity index is 1.36. The first-order valence-corrected chi connectivity index (χ1v) is 11.7. The molecule has 180 valence electrons. The maximum atomic E-state index is 12.6. The number of carbonyl (C=O) groups is 1. The van der Waals surface area contributed by atoms with E-state index in [9.17, 15) is 9.90 Å². The fraction of sp³-hybridized carbons (Fsp3) is 0.640. The van der Waals surface area contributed by atoms with Gasteiger partial charge in [-0.3, -0.25) is 0 Å². The Morgan fingerprint density at radius 1 is 1.15 bits per heavy atom. The van der Waals surface area contributed by atoms with Crippen molar-refractivity contribution in [1.82, 2.24) is 0 Å². The van der Waals surface area contributed by atoms with Gasteiger partial charge in [0, 0.05) is 30.3 Å². The lowest BCUT2D eigenvalue weighted by atomic mass is 9.57. The van der Waals surface area contributed by atoms with Crippen LogP contribution in [0.4, 0.5) is 0 Å². The number of esters is 1. The average Bonchev–Trinajstić information content (AvgIpc) is 3.03. The second-order valence-electron chi connectivity index (χ2n) is 9.92. The molecule has 4 saturated heterocycles. The highest BCUT2D eigenvalue weighted by Gasteiger charge is 2.71. The first-order valence-electron chi connectivity index (χ1n) is 11.7. The van der Waals surface area contributed by atoms with Crippen LogP contribution in [0.2, 0.25) is 0 Å². The SMILES string of the molecule is COc1ccc(/C=C/C(=O)O[C@@H]2O[C@@H]3O[C@@]4(C)CC[C@H]5[C@H](C)[C@H](O)C[C@@H]([C@H]2C)[C@@]35OO4)cc1. The number of rotatable bonds is 4. The number of fused-ring (bicyclic) bond motifs is 2. The summed E-state index contributed by atoms with van der Waals surface area (Å²) in [6, 6.07) is 7.35. The van der Waals surface area contributed by atoms with Crippen LogP contribution in [-0.4, -0.2) is 48.3 Å². The fourth-order valence-electron chi connectivity index (χ4n) is 5.99. The van der Waals surface area contributed by atoms with E-state index in [0.717, 1.165) is 17.7 Å². The maximum absolute atomic E-state index is 12.6. The average molecular weight is 461 g/mol. The molecule has 5 aliphatic rings. The number of hydrogen-bond donors (Lipinski definition) is 1. The lowest BCUT2D eigenvalue weighted by molar-refractivity contribution is -0.577. The molecule has 33 heavy (non-hydrogen) atoms. The second kappa shape index (κ2) is 8.36. The Bertz CT molecular complexity index is 911. The maximum Gasteiger partial charge on any atom is 0.333 e. The largest absolute Gasteiger partial charge is 0.497 e. The molecule has 4 aliphatic heterocycles. The van der Waals surface area contributed by atoms with Gasteiger partial charge in [-0.25, -0.2) is 14.6 Å². The van der Waals surface area contributed by atoms with E-state index in [0.29, 0.717) is 12.8 Å². The van der Waals surface area contributed by atoms with Crippen LogP contribution in [0.1, 0.15) is 45.6 Å². The van der Waals surface area contributed by atoms with Crippen molar-refractivity contribution in [3.8, 4) is 5.75 Å². The monoisotopic (exact) mass is 460 g/mol. The molecule has 6 rings (SSSR count). The van der Waals surface area contributed by atoms with Crippen molar-refractivity contribution in [2.75, 3.05) is 7.11 Å². The van der Waals surface area contributed by atoms with Crippen LogP contribution in [0.25, 0.3) is 6.08 Å².